The maximum absolute atomic E-state index is 4.72. The molecule has 3 rings (SSSR count). The first kappa shape index (κ1) is 13.0. The zero-order valence-electron chi connectivity index (χ0n) is 9.81. The fourth-order valence-electron chi connectivity index (χ4n) is 1.81. The van der Waals surface area contributed by atoms with Crippen molar-refractivity contribution in [3.8, 4) is 21.8 Å². The van der Waals surface area contributed by atoms with E-state index in [9.17, 15) is 0 Å². The normalized spacial score (nSPS) is 10.6. The third kappa shape index (κ3) is 2.81. The summed E-state index contributed by atoms with van der Waals surface area (Å²) in [5.74, 6) is 0. The topological polar surface area (TPSA) is 12.9 Å². The Labute approximate surface area is 132 Å². The molecule has 0 bridgehead atoms. The van der Waals surface area contributed by atoms with E-state index < -0.39 is 0 Å². The molecular weight excluding hydrogens is 386 g/mol. The highest BCUT2D eigenvalue weighted by atomic mass is 79.9. The molecule has 3 aromatic rings. The minimum absolute atomic E-state index is 1.01. The van der Waals surface area contributed by atoms with Crippen LogP contribution in [0.1, 0.15) is 0 Å². The summed E-state index contributed by atoms with van der Waals surface area (Å²) in [5.41, 5.74) is 3.27. The molecule has 19 heavy (non-hydrogen) atoms. The molecule has 0 aliphatic carbocycles. The Morgan fingerprint density at radius 3 is 2.58 bits per heavy atom. The van der Waals surface area contributed by atoms with Gasteiger partial charge in [0.1, 0.15) is 5.01 Å². The maximum Gasteiger partial charge on any atom is 0.125 e. The predicted molar refractivity (Wildman–Crippen MR) is 88.4 cm³/mol. The smallest absolute Gasteiger partial charge is 0.125 e. The number of hydrogen-bond donors (Lipinski definition) is 0. The minimum Gasteiger partial charge on any atom is -0.236 e. The third-order valence-corrected chi connectivity index (χ3v) is 4.79. The molecule has 0 saturated heterocycles. The predicted octanol–water partition coefficient (Wildman–Crippen LogP) is 6.00. The van der Waals surface area contributed by atoms with Crippen LogP contribution in [0.5, 0.6) is 0 Å². The molecule has 4 heteroatoms. The Bertz CT molecular complexity index is 721. The van der Waals surface area contributed by atoms with Crippen LogP contribution >= 0.6 is 43.2 Å². The van der Waals surface area contributed by atoms with Crippen molar-refractivity contribution in [3.63, 3.8) is 0 Å². The first-order valence-corrected chi connectivity index (χ1v) is 8.17. The number of aromatic nitrogens is 1. The summed E-state index contributed by atoms with van der Waals surface area (Å²) in [7, 11) is 0. The molecular formula is C15H9Br2NS. The summed E-state index contributed by atoms with van der Waals surface area (Å²) >= 11 is 8.72. The second kappa shape index (κ2) is 5.57. The molecule has 0 N–H and O–H groups in total. The van der Waals surface area contributed by atoms with Gasteiger partial charge in [-0.3, -0.25) is 0 Å². The molecule has 0 aliphatic rings. The Morgan fingerprint density at radius 1 is 0.947 bits per heavy atom. The van der Waals surface area contributed by atoms with Crippen LogP contribution in [0, 0.1) is 0 Å². The lowest BCUT2D eigenvalue weighted by Gasteiger charge is -1.99. The number of thiazole rings is 1. The SMILES string of the molecule is Brc1cccc(-c2csc(-c3ccccc3Br)n2)c1. The Morgan fingerprint density at radius 2 is 1.79 bits per heavy atom. The molecule has 0 atom stereocenters. The summed E-state index contributed by atoms with van der Waals surface area (Å²) in [6.45, 7) is 0. The summed E-state index contributed by atoms with van der Waals surface area (Å²) in [6, 6.07) is 16.4. The van der Waals surface area contributed by atoms with Gasteiger partial charge in [0.05, 0.1) is 5.69 Å². The lowest BCUT2D eigenvalue weighted by molar-refractivity contribution is 1.39. The lowest BCUT2D eigenvalue weighted by atomic mass is 10.2. The Hall–Kier alpha value is -0.970. The van der Waals surface area contributed by atoms with E-state index in [1.165, 1.54) is 0 Å². The van der Waals surface area contributed by atoms with Crippen LogP contribution in [0.4, 0.5) is 0 Å². The fraction of sp³-hybridized carbons (Fsp3) is 0. The highest BCUT2D eigenvalue weighted by Crippen LogP contribution is 2.33. The highest BCUT2D eigenvalue weighted by molar-refractivity contribution is 9.10. The first-order chi connectivity index (χ1) is 9.24. The molecule has 0 radical (unpaired) electrons. The number of nitrogens with zero attached hydrogens (tertiary/aromatic N) is 1. The van der Waals surface area contributed by atoms with Crippen molar-refractivity contribution in [1.29, 1.82) is 0 Å². The summed E-state index contributed by atoms with van der Waals surface area (Å²) in [5, 5.41) is 3.12. The van der Waals surface area contributed by atoms with Crippen molar-refractivity contribution in [1.82, 2.24) is 4.98 Å². The standard InChI is InChI=1S/C15H9Br2NS/c16-11-5-3-4-10(8-11)14-9-19-15(18-14)12-6-1-2-7-13(12)17/h1-9H. The molecule has 1 aromatic heterocycles. The molecule has 94 valence electrons. The van der Waals surface area contributed by atoms with Gasteiger partial charge >= 0.3 is 0 Å². The van der Waals surface area contributed by atoms with Gasteiger partial charge in [-0.15, -0.1) is 11.3 Å². The van der Waals surface area contributed by atoms with E-state index in [2.05, 4.69) is 55.4 Å². The fourth-order valence-corrected chi connectivity index (χ4v) is 3.68. The zero-order chi connectivity index (χ0) is 13.2. The van der Waals surface area contributed by atoms with Gasteiger partial charge < -0.3 is 0 Å². The van der Waals surface area contributed by atoms with Gasteiger partial charge in [-0.2, -0.15) is 0 Å². The molecule has 0 saturated carbocycles. The number of benzene rings is 2. The molecule has 0 fully saturated rings. The summed E-state index contributed by atoms with van der Waals surface area (Å²) < 4.78 is 2.14. The Balaban J connectivity index is 2.03. The van der Waals surface area contributed by atoms with E-state index in [1.807, 2.05) is 30.3 Å². The van der Waals surface area contributed by atoms with Gasteiger partial charge in [-0.1, -0.05) is 62.2 Å². The van der Waals surface area contributed by atoms with Gasteiger partial charge in [0.2, 0.25) is 0 Å². The monoisotopic (exact) mass is 393 g/mol. The molecule has 0 aliphatic heterocycles. The van der Waals surface area contributed by atoms with Crippen molar-refractivity contribution in [2.24, 2.45) is 0 Å². The number of rotatable bonds is 2. The maximum atomic E-state index is 4.72. The van der Waals surface area contributed by atoms with Gasteiger partial charge in [0, 0.05) is 25.5 Å². The van der Waals surface area contributed by atoms with Gasteiger partial charge in [-0.25, -0.2) is 4.98 Å². The van der Waals surface area contributed by atoms with Crippen molar-refractivity contribution in [3.05, 3.63) is 62.9 Å². The van der Waals surface area contributed by atoms with Crippen LogP contribution in [-0.4, -0.2) is 4.98 Å². The Kier molecular flexibility index (Phi) is 3.82. The summed E-state index contributed by atoms with van der Waals surface area (Å²) in [4.78, 5) is 4.72. The van der Waals surface area contributed by atoms with Crippen molar-refractivity contribution in [2.45, 2.75) is 0 Å². The van der Waals surface area contributed by atoms with E-state index in [1.54, 1.807) is 11.3 Å². The van der Waals surface area contributed by atoms with E-state index >= 15 is 0 Å². The number of halogens is 2. The largest absolute Gasteiger partial charge is 0.236 e. The zero-order valence-corrected chi connectivity index (χ0v) is 13.8. The molecule has 0 unspecified atom stereocenters. The molecule has 2 aromatic carbocycles. The second-order valence-electron chi connectivity index (χ2n) is 4.03. The van der Waals surface area contributed by atoms with Crippen molar-refractivity contribution < 1.29 is 0 Å². The van der Waals surface area contributed by atoms with E-state index in [0.29, 0.717) is 0 Å². The van der Waals surface area contributed by atoms with Crippen LogP contribution in [0.3, 0.4) is 0 Å². The van der Waals surface area contributed by atoms with Crippen LogP contribution in [0.25, 0.3) is 21.8 Å². The molecule has 1 heterocycles. The molecule has 0 amide bonds. The molecule has 1 nitrogen and oxygen atoms in total. The van der Waals surface area contributed by atoms with Gasteiger partial charge in [0.15, 0.2) is 0 Å². The lowest BCUT2D eigenvalue weighted by Crippen LogP contribution is -1.80. The van der Waals surface area contributed by atoms with E-state index in [4.69, 9.17) is 4.98 Å². The van der Waals surface area contributed by atoms with Crippen molar-refractivity contribution in [2.75, 3.05) is 0 Å². The second-order valence-corrected chi connectivity index (χ2v) is 6.66. The highest BCUT2D eigenvalue weighted by Gasteiger charge is 2.09. The van der Waals surface area contributed by atoms with Crippen LogP contribution in [0.2, 0.25) is 0 Å². The summed E-state index contributed by atoms with van der Waals surface area (Å²) in [6.07, 6.45) is 0. The molecule has 0 spiro atoms. The quantitative estimate of drug-likeness (QED) is 0.519. The van der Waals surface area contributed by atoms with Crippen LogP contribution in [0.15, 0.2) is 62.9 Å². The van der Waals surface area contributed by atoms with Gasteiger partial charge in [0.25, 0.3) is 0 Å². The van der Waals surface area contributed by atoms with Crippen molar-refractivity contribution >= 4 is 43.2 Å². The van der Waals surface area contributed by atoms with E-state index in [-0.39, 0.29) is 0 Å². The van der Waals surface area contributed by atoms with Gasteiger partial charge in [-0.05, 0) is 18.2 Å². The first-order valence-electron chi connectivity index (χ1n) is 5.70. The minimum atomic E-state index is 1.01. The number of hydrogen-bond acceptors (Lipinski definition) is 2. The van der Waals surface area contributed by atoms with Crippen LogP contribution in [-0.2, 0) is 0 Å². The third-order valence-electron chi connectivity index (χ3n) is 2.73. The average molecular weight is 395 g/mol. The van der Waals surface area contributed by atoms with E-state index in [0.717, 1.165) is 30.8 Å². The van der Waals surface area contributed by atoms with Crippen LogP contribution < -0.4 is 0 Å². The average Bonchev–Trinajstić information content (AvgIpc) is 2.89.